The number of benzene rings is 1. The largest absolute Gasteiger partial charge is 0.307 e. The van der Waals surface area contributed by atoms with Gasteiger partial charge in [0.2, 0.25) is 0 Å². The first-order chi connectivity index (χ1) is 9.44. The van der Waals surface area contributed by atoms with E-state index in [1.165, 1.54) is 31.2 Å². The lowest BCUT2D eigenvalue weighted by Gasteiger charge is -2.42. The monoisotopic (exact) mass is 273 g/mol. The van der Waals surface area contributed by atoms with E-state index in [-0.39, 0.29) is 0 Å². The van der Waals surface area contributed by atoms with E-state index in [0.29, 0.717) is 17.5 Å². The van der Waals surface area contributed by atoms with Gasteiger partial charge in [0.25, 0.3) is 0 Å². The third-order valence-corrected chi connectivity index (χ3v) is 5.09. The zero-order valence-corrected chi connectivity index (χ0v) is 13.9. The van der Waals surface area contributed by atoms with Gasteiger partial charge in [0.15, 0.2) is 0 Å². The molecule has 0 saturated carbocycles. The molecular weight excluding hydrogens is 242 g/mol. The molecule has 0 amide bonds. The van der Waals surface area contributed by atoms with Crippen LogP contribution >= 0.6 is 0 Å². The quantitative estimate of drug-likeness (QED) is 0.785. The van der Waals surface area contributed by atoms with Crippen molar-refractivity contribution in [3.8, 4) is 0 Å². The van der Waals surface area contributed by atoms with Crippen LogP contribution in [0.5, 0.6) is 0 Å². The molecule has 2 rings (SSSR count). The maximum absolute atomic E-state index is 3.93. The van der Waals surface area contributed by atoms with Gasteiger partial charge in [-0.25, -0.2) is 0 Å². The van der Waals surface area contributed by atoms with E-state index in [4.69, 9.17) is 0 Å². The van der Waals surface area contributed by atoms with Crippen LogP contribution in [-0.2, 0) is 6.42 Å². The summed E-state index contributed by atoms with van der Waals surface area (Å²) in [6.07, 6.45) is 5.04. The highest BCUT2D eigenvalue weighted by Crippen LogP contribution is 2.43. The van der Waals surface area contributed by atoms with Crippen molar-refractivity contribution in [2.45, 2.75) is 72.4 Å². The topological polar surface area (TPSA) is 12.0 Å². The molecule has 3 unspecified atom stereocenters. The molecule has 20 heavy (non-hydrogen) atoms. The molecule has 0 bridgehead atoms. The Morgan fingerprint density at radius 3 is 2.65 bits per heavy atom. The number of hydrogen-bond donors (Lipinski definition) is 1. The van der Waals surface area contributed by atoms with Crippen LogP contribution in [0, 0.1) is 11.3 Å². The first kappa shape index (κ1) is 15.6. The molecule has 3 atom stereocenters. The minimum Gasteiger partial charge on any atom is -0.307 e. The van der Waals surface area contributed by atoms with E-state index in [2.05, 4.69) is 64.2 Å². The van der Waals surface area contributed by atoms with E-state index in [0.717, 1.165) is 5.92 Å². The Labute approximate surface area is 125 Å². The highest BCUT2D eigenvalue weighted by Gasteiger charge is 2.36. The summed E-state index contributed by atoms with van der Waals surface area (Å²) < 4.78 is 0. The average molecular weight is 273 g/mol. The lowest BCUT2D eigenvalue weighted by Crippen LogP contribution is -2.42. The van der Waals surface area contributed by atoms with Crippen molar-refractivity contribution in [1.29, 1.82) is 0 Å². The standard InChI is InChI=1S/C19H31N/c1-6-14(2)13-15(3)20-18-17-10-8-7-9-16(17)11-12-19(18,4)5/h7-10,14-15,18,20H,6,11-13H2,1-5H3. The Hall–Kier alpha value is -0.820. The summed E-state index contributed by atoms with van der Waals surface area (Å²) >= 11 is 0. The summed E-state index contributed by atoms with van der Waals surface area (Å²) in [5, 5.41) is 3.93. The van der Waals surface area contributed by atoms with Crippen molar-refractivity contribution in [3.63, 3.8) is 0 Å². The zero-order valence-electron chi connectivity index (χ0n) is 13.9. The van der Waals surface area contributed by atoms with Crippen molar-refractivity contribution in [2.75, 3.05) is 0 Å². The van der Waals surface area contributed by atoms with Gasteiger partial charge >= 0.3 is 0 Å². The fraction of sp³-hybridized carbons (Fsp3) is 0.684. The van der Waals surface area contributed by atoms with Crippen LogP contribution < -0.4 is 5.32 Å². The third kappa shape index (κ3) is 3.44. The maximum atomic E-state index is 3.93. The van der Waals surface area contributed by atoms with Gasteiger partial charge in [-0.15, -0.1) is 0 Å². The van der Waals surface area contributed by atoms with E-state index in [1.54, 1.807) is 5.56 Å². The summed E-state index contributed by atoms with van der Waals surface area (Å²) in [7, 11) is 0. The van der Waals surface area contributed by atoms with Gasteiger partial charge in [0.1, 0.15) is 0 Å². The molecule has 0 heterocycles. The van der Waals surface area contributed by atoms with Crippen LogP contribution in [0.15, 0.2) is 24.3 Å². The lowest BCUT2D eigenvalue weighted by molar-refractivity contribution is 0.189. The molecule has 1 aliphatic carbocycles. The molecule has 112 valence electrons. The van der Waals surface area contributed by atoms with Crippen LogP contribution in [0.25, 0.3) is 0 Å². The number of rotatable bonds is 5. The first-order valence-electron chi connectivity index (χ1n) is 8.28. The van der Waals surface area contributed by atoms with Crippen LogP contribution in [0.4, 0.5) is 0 Å². The molecule has 0 aromatic heterocycles. The SMILES string of the molecule is CCC(C)CC(C)NC1c2ccccc2CCC1(C)C. The molecule has 0 radical (unpaired) electrons. The fourth-order valence-corrected chi connectivity index (χ4v) is 3.50. The fourth-order valence-electron chi connectivity index (χ4n) is 3.50. The Morgan fingerprint density at radius 1 is 1.25 bits per heavy atom. The smallest absolute Gasteiger partial charge is 0.0376 e. The third-order valence-electron chi connectivity index (χ3n) is 5.09. The molecule has 1 heteroatoms. The molecule has 1 nitrogen and oxygen atoms in total. The van der Waals surface area contributed by atoms with Crippen molar-refractivity contribution in [3.05, 3.63) is 35.4 Å². The Bertz CT molecular complexity index is 435. The van der Waals surface area contributed by atoms with Crippen molar-refractivity contribution >= 4 is 0 Å². The van der Waals surface area contributed by atoms with Crippen molar-refractivity contribution in [1.82, 2.24) is 5.32 Å². The molecule has 1 aliphatic rings. The van der Waals surface area contributed by atoms with Gasteiger partial charge in [0, 0.05) is 12.1 Å². The van der Waals surface area contributed by atoms with E-state index >= 15 is 0 Å². The number of fused-ring (bicyclic) bond motifs is 1. The van der Waals surface area contributed by atoms with Crippen molar-refractivity contribution in [2.24, 2.45) is 11.3 Å². The van der Waals surface area contributed by atoms with Gasteiger partial charge in [-0.2, -0.15) is 0 Å². The van der Waals surface area contributed by atoms with Crippen molar-refractivity contribution < 1.29 is 0 Å². The summed E-state index contributed by atoms with van der Waals surface area (Å²) in [6.45, 7) is 11.8. The highest BCUT2D eigenvalue weighted by atomic mass is 15.0. The molecule has 0 saturated heterocycles. The molecule has 1 aromatic rings. The minimum absolute atomic E-state index is 0.345. The first-order valence-corrected chi connectivity index (χ1v) is 8.28. The molecular formula is C19H31N. The highest BCUT2D eigenvalue weighted by molar-refractivity contribution is 5.34. The van der Waals surface area contributed by atoms with Gasteiger partial charge < -0.3 is 5.32 Å². The maximum Gasteiger partial charge on any atom is 0.0376 e. The van der Waals surface area contributed by atoms with Crippen LogP contribution in [0.2, 0.25) is 0 Å². The molecule has 1 aromatic carbocycles. The summed E-state index contributed by atoms with van der Waals surface area (Å²) in [4.78, 5) is 0. The summed E-state index contributed by atoms with van der Waals surface area (Å²) in [5.41, 5.74) is 3.41. The van der Waals surface area contributed by atoms with Gasteiger partial charge in [0.05, 0.1) is 0 Å². The van der Waals surface area contributed by atoms with E-state index < -0.39 is 0 Å². The molecule has 0 spiro atoms. The molecule has 0 aliphatic heterocycles. The number of hydrogen-bond acceptors (Lipinski definition) is 1. The van der Waals surface area contributed by atoms with E-state index in [9.17, 15) is 0 Å². The van der Waals surface area contributed by atoms with Gasteiger partial charge in [-0.05, 0) is 48.6 Å². The average Bonchev–Trinajstić information content (AvgIpc) is 2.42. The number of aryl methyl sites for hydroxylation is 1. The van der Waals surface area contributed by atoms with Crippen LogP contribution in [-0.4, -0.2) is 6.04 Å². The summed E-state index contributed by atoms with van der Waals surface area (Å²) in [5.74, 6) is 0.805. The second-order valence-corrected chi connectivity index (χ2v) is 7.44. The lowest BCUT2D eigenvalue weighted by atomic mass is 9.70. The predicted molar refractivity (Wildman–Crippen MR) is 88.0 cm³/mol. The Balaban J connectivity index is 2.15. The molecule has 1 N–H and O–H groups in total. The second kappa shape index (κ2) is 6.30. The normalized spacial score (nSPS) is 23.9. The van der Waals surface area contributed by atoms with Crippen LogP contribution in [0.1, 0.15) is 71.0 Å². The number of nitrogens with one attached hydrogen (secondary N) is 1. The van der Waals surface area contributed by atoms with Crippen LogP contribution in [0.3, 0.4) is 0 Å². The Kier molecular flexibility index (Phi) is 4.90. The zero-order chi connectivity index (χ0) is 14.8. The minimum atomic E-state index is 0.345. The van der Waals surface area contributed by atoms with E-state index in [1.807, 2.05) is 0 Å². The summed E-state index contributed by atoms with van der Waals surface area (Å²) in [6, 6.07) is 10.1. The second-order valence-electron chi connectivity index (χ2n) is 7.44. The van der Waals surface area contributed by atoms with Gasteiger partial charge in [-0.3, -0.25) is 0 Å². The van der Waals surface area contributed by atoms with Gasteiger partial charge in [-0.1, -0.05) is 58.4 Å². The molecule has 0 fully saturated rings. The Morgan fingerprint density at radius 2 is 1.95 bits per heavy atom. The predicted octanol–water partition coefficient (Wildman–Crippen LogP) is 5.11.